The molecule has 3 rings (SSSR count). The van der Waals surface area contributed by atoms with Gasteiger partial charge in [0.2, 0.25) is 0 Å². The summed E-state index contributed by atoms with van der Waals surface area (Å²) in [4.78, 5) is 11.9. The number of ether oxygens (including phenoxy) is 2. The lowest BCUT2D eigenvalue weighted by Crippen LogP contribution is -2.36. The number of carbonyl (C=O) groups excluding carboxylic acids is 1. The summed E-state index contributed by atoms with van der Waals surface area (Å²) in [6.07, 6.45) is 3.18. The highest BCUT2D eigenvalue weighted by Gasteiger charge is 2.15. The topological polar surface area (TPSA) is 72.7 Å². The number of furan rings is 1. The quantitative estimate of drug-likeness (QED) is 0.910. The largest absolute Gasteiger partial charge is 0.486 e. The van der Waals surface area contributed by atoms with Gasteiger partial charge in [-0.1, -0.05) is 6.07 Å². The minimum atomic E-state index is -0.233. The molecule has 0 fully saturated rings. The highest BCUT2D eigenvalue weighted by molar-refractivity contribution is 5.74. The van der Waals surface area contributed by atoms with E-state index in [1.165, 1.54) is 0 Å². The molecule has 1 unspecified atom stereocenters. The number of hydrogen-bond acceptors (Lipinski definition) is 4. The summed E-state index contributed by atoms with van der Waals surface area (Å²) in [7, 11) is 0. The Kier molecular flexibility index (Phi) is 4.18. The van der Waals surface area contributed by atoms with Crippen molar-refractivity contribution in [1.82, 2.24) is 10.6 Å². The van der Waals surface area contributed by atoms with Gasteiger partial charge in [-0.3, -0.25) is 0 Å². The number of benzene rings is 1. The van der Waals surface area contributed by atoms with Crippen molar-refractivity contribution >= 4 is 6.03 Å². The molecule has 6 heteroatoms. The van der Waals surface area contributed by atoms with Crippen molar-refractivity contribution in [3.63, 3.8) is 0 Å². The molecule has 0 saturated heterocycles. The van der Waals surface area contributed by atoms with Gasteiger partial charge in [-0.2, -0.15) is 0 Å². The Morgan fingerprint density at radius 3 is 2.82 bits per heavy atom. The summed E-state index contributed by atoms with van der Waals surface area (Å²) in [6, 6.07) is 7.13. The number of amides is 2. The first-order valence-electron chi connectivity index (χ1n) is 7.17. The molecule has 22 heavy (non-hydrogen) atoms. The minimum absolute atomic E-state index is 0.139. The van der Waals surface area contributed by atoms with Crippen LogP contribution >= 0.6 is 0 Å². The van der Waals surface area contributed by atoms with Crippen LogP contribution in [0.25, 0.3) is 0 Å². The summed E-state index contributed by atoms with van der Waals surface area (Å²) in [5, 5.41) is 5.67. The lowest BCUT2D eigenvalue weighted by Gasteiger charge is -2.21. The predicted molar refractivity (Wildman–Crippen MR) is 79.9 cm³/mol. The maximum atomic E-state index is 11.9. The first kappa shape index (κ1) is 14.3. The first-order valence-corrected chi connectivity index (χ1v) is 7.17. The van der Waals surface area contributed by atoms with Crippen molar-refractivity contribution in [2.45, 2.75) is 19.5 Å². The third-order valence-corrected chi connectivity index (χ3v) is 3.45. The summed E-state index contributed by atoms with van der Waals surface area (Å²) >= 11 is 0. The third-order valence-electron chi connectivity index (χ3n) is 3.45. The van der Waals surface area contributed by atoms with E-state index in [2.05, 4.69) is 10.6 Å². The molecular formula is C16H18N2O4. The van der Waals surface area contributed by atoms with E-state index in [-0.39, 0.29) is 12.1 Å². The number of nitrogens with one attached hydrogen (secondary N) is 2. The summed E-state index contributed by atoms with van der Waals surface area (Å²) in [5.41, 5.74) is 1.88. The smallest absolute Gasteiger partial charge is 0.315 e. The van der Waals surface area contributed by atoms with Gasteiger partial charge in [-0.25, -0.2) is 4.79 Å². The van der Waals surface area contributed by atoms with E-state index >= 15 is 0 Å². The zero-order valence-electron chi connectivity index (χ0n) is 12.3. The zero-order chi connectivity index (χ0) is 15.4. The Bertz CT molecular complexity index is 640. The zero-order valence-corrected chi connectivity index (χ0v) is 12.3. The average molecular weight is 302 g/mol. The van der Waals surface area contributed by atoms with Gasteiger partial charge in [0, 0.05) is 12.1 Å². The van der Waals surface area contributed by atoms with E-state index in [1.54, 1.807) is 12.5 Å². The normalized spacial score (nSPS) is 14.2. The molecule has 1 atom stereocenters. The number of urea groups is 1. The molecule has 0 bridgehead atoms. The van der Waals surface area contributed by atoms with Crippen LogP contribution in [0.3, 0.4) is 0 Å². The Labute approximate surface area is 128 Å². The molecule has 0 aliphatic carbocycles. The van der Waals surface area contributed by atoms with E-state index in [0.717, 1.165) is 22.6 Å². The van der Waals surface area contributed by atoms with Crippen molar-refractivity contribution in [1.29, 1.82) is 0 Å². The lowest BCUT2D eigenvalue weighted by atomic mass is 10.1. The fourth-order valence-corrected chi connectivity index (χ4v) is 2.24. The predicted octanol–water partition coefficient (Wildman–Crippen LogP) is 2.61. The van der Waals surface area contributed by atoms with Crippen molar-refractivity contribution in [2.75, 3.05) is 13.2 Å². The molecule has 0 saturated carbocycles. The van der Waals surface area contributed by atoms with Crippen LogP contribution in [-0.2, 0) is 6.54 Å². The summed E-state index contributed by atoms with van der Waals surface area (Å²) < 4.78 is 16.0. The number of fused-ring (bicyclic) bond motifs is 1. The van der Waals surface area contributed by atoms with Gasteiger partial charge in [0.1, 0.15) is 13.2 Å². The standard InChI is InChI=1S/C16H18N2O4/c1-11(18-16(19)17-9-12-4-5-20-10-12)13-2-3-14-15(8-13)22-7-6-21-14/h2-5,8,10-11H,6-7,9H2,1H3,(H2,17,18,19). The van der Waals surface area contributed by atoms with Crippen LogP contribution in [0.1, 0.15) is 24.1 Å². The SMILES string of the molecule is CC(NC(=O)NCc1ccoc1)c1ccc2c(c1)OCCO2. The molecule has 1 aromatic carbocycles. The molecule has 0 spiro atoms. The van der Waals surface area contributed by atoms with Crippen molar-refractivity contribution in [3.8, 4) is 11.5 Å². The van der Waals surface area contributed by atoms with E-state index < -0.39 is 0 Å². The van der Waals surface area contributed by atoms with E-state index in [0.29, 0.717) is 19.8 Å². The Morgan fingerprint density at radius 2 is 2.05 bits per heavy atom. The molecule has 116 valence electrons. The van der Waals surface area contributed by atoms with E-state index in [1.807, 2.05) is 31.2 Å². The van der Waals surface area contributed by atoms with Crippen molar-refractivity contribution in [2.24, 2.45) is 0 Å². The molecule has 2 aromatic rings. The van der Waals surface area contributed by atoms with Crippen molar-refractivity contribution < 1.29 is 18.7 Å². The molecule has 0 radical (unpaired) electrons. The Hall–Kier alpha value is -2.63. The first-order chi connectivity index (χ1) is 10.7. The number of hydrogen-bond donors (Lipinski definition) is 2. The second-order valence-corrected chi connectivity index (χ2v) is 5.08. The maximum Gasteiger partial charge on any atom is 0.315 e. The van der Waals surface area contributed by atoms with Gasteiger partial charge in [0.15, 0.2) is 11.5 Å². The number of carbonyl (C=O) groups is 1. The van der Waals surface area contributed by atoms with Crippen LogP contribution < -0.4 is 20.1 Å². The Morgan fingerprint density at radius 1 is 1.23 bits per heavy atom. The van der Waals surface area contributed by atoms with Crippen LogP contribution in [0.15, 0.2) is 41.2 Å². The second-order valence-electron chi connectivity index (χ2n) is 5.08. The average Bonchev–Trinajstić information content (AvgIpc) is 3.06. The van der Waals surface area contributed by atoms with Crippen LogP contribution in [0.5, 0.6) is 11.5 Å². The summed E-state index contributed by atoms with van der Waals surface area (Å²) in [5.74, 6) is 1.46. The fraction of sp³-hybridized carbons (Fsp3) is 0.312. The molecule has 2 N–H and O–H groups in total. The molecular weight excluding hydrogens is 284 g/mol. The van der Waals surface area contributed by atoms with Gasteiger partial charge in [-0.15, -0.1) is 0 Å². The van der Waals surface area contributed by atoms with Gasteiger partial charge in [0.05, 0.1) is 18.6 Å². The summed E-state index contributed by atoms with van der Waals surface area (Å²) in [6.45, 7) is 3.46. The van der Waals surface area contributed by atoms with Gasteiger partial charge >= 0.3 is 6.03 Å². The molecule has 1 aromatic heterocycles. The molecule has 2 heterocycles. The third kappa shape index (κ3) is 3.33. The van der Waals surface area contributed by atoms with Crippen molar-refractivity contribution in [3.05, 3.63) is 47.9 Å². The van der Waals surface area contributed by atoms with Gasteiger partial charge < -0.3 is 24.5 Å². The highest BCUT2D eigenvalue weighted by Crippen LogP contribution is 2.32. The minimum Gasteiger partial charge on any atom is -0.486 e. The Balaban J connectivity index is 1.56. The highest BCUT2D eigenvalue weighted by atomic mass is 16.6. The van der Waals surface area contributed by atoms with Crippen LogP contribution in [0.2, 0.25) is 0 Å². The lowest BCUT2D eigenvalue weighted by molar-refractivity contribution is 0.171. The van der Waals surface area contributed by atoms with E-state index in [4.69, 9.17) is 13.9 Å². The molecule has 6 nitrogen and oxygen atoms in total. The molecule has 1 aliphatic heterocycles. The van der Waals surface area contributed by atoms with Gasteiger partial charge in [-0.05, 0) is 30.7 Å². The van der Waals surface area contributed by atoms with Crippen LogP contribution in [0, 0.1) is 0 Å². The fourth-order valence-electron chi connectivity index (χ4n) is 2.24. The van der Waals surface area contributed by atoms with Gasteiger partial charge in [0.25, 0.3) is 0 Å². The number of rotatable bonds is 4. The van der Waals surface area contributed by atoms with Crippen LogP contribution in [0.4, 0.5) is 4.79 Å². The molecule has 1 aliphatic rings. The monoisotopic (exact) mass is 302 g/mol. The molecule has 2 amide bonds. The van der Waals surface area contributed by atoms with Crippen LogP contribution in [-0.4, -0.2) is 19.2 Å². The van der Waals surface area contributed by atoms with E-state index in [9.17, 15) is 4.79 Å². The second kappa shape index (κ2) is 6.43. The maximum absolute atomic E-state index is 11.9.